The number of hydrogen-bond acceptors (Lipinski definition) is 6. The van der Waals surface area contributed by atoms with Gasteiger partial charge in [0, 0.05) is 33.3 Å². The summed E-state index contributed by atoms with van der Waals surface area (Å²) in [4.78, 5) is 14.8. The van der Waals surface area contributed by atoms with Gasteiger partial charge in [0.15, 0.2) is 0 Å². The Balaban J connectivity index is 1.90. The van der Waals surface area contributed by atoms with Crippen LogP contribution in [0.4, 0.5) is 11.4 Å². The van der Waals surface area contributed by atoms with Crippen molar-refractivity contribution < 1.29 is 22.7 Å². The smallest absolute Gasteiger partial charge is 0.243 e. The number of carbonyl (C=O) groups is 1. The molecule has 3 rings (SSSR count). The van der Waals surface area contributed by atoms with Crippen molar-refractivity contribution in [3.8, 4) is 0 Å². The fourth-order valence-corrected chi connectivity index (χ4v) is 5.20. The van der Waals surface area contributed by atoms with Crippen LogP contribution in [0.5, 0.6) is 0 Å². The Labute approximate surface area is 173 Å². The molecule has 9 heteroatoms. The van der Waals surface area contributed by atoms with Crippen LogP contribution < -0.4 is 10.2 Å². The van der Waals surface area contributed by atoms with Gasteiger partial charge in [0.1, 0.15) is 0 Å². The second kappa shape index (κ2) is 9.88. The first kappa shape index (κ1) is 22.0. The number of nitrogens with zero attached hydrogens (tertiary/aromatic N) is 2. The van der Waals surface area contributed by atoms with E-state index < -0.39 is 10.0 Å². The van der Waals surface area contributed by atoms with Crippen LogP contribution in [0.2, 0.25) is 0 Å². The molecule has 29 heavy (non-hydrogen) atoms. The van der Waals surface area contributed by atoms with Gasteiger partial charge in [0.25, 0.3) is 0 Å². The highest BCUT2D eigenvalue weighted by Gasteiger charge is 2.27. The number of sulfonamides is 1. The van der Waals surface area contributed by atoms with Gasteiger partial charge in [-0.1, -0.05) is 6.42 Å². The van der Waals surface area contributed by atoms with Crippen LogP contribution in [0.1, 0.15) is 32.6 Å². The van der Waals surface area contributed by atoms with E-state index in [2.05, 4.69) is 10.2 Å². The molecule has 162 valence electrons. The monoisotopic (exact) mass is 425 g/mol. The van der Waals surface area contributed by atoms with Gasteiger partial charge in [-0.3, -0.25) is 4.79 Å². The fraction of sp³-hybridized carbons (Fsp3) is 0.650. The summed E-state index contributed by atoms with van der Waals surface area (Å²) in [6, 6.07) is 5.02. The summed E-state index contributed by atoms with van der Waals surface area (Å²) in [5.41, 5.74) is 1.32. The van der Waals surface area contributed by atoms with Gasteiger partial charge in [-0.05, 0) is 38.0 Å². The van der Waals surface area contributed by atoms with Crippen molar-refractivity contribution in [3.05, 3.63) is 18.2 Å². The molecule has 0 saturated carbocycles. The lowest BCUT2D eigenvalue weighted by Gasteiger charge is -2.31. The Hall–Kier alpha value is -1.68. The summed E-state index contributed by atoms with van der Waals surface area (Å²) < 4.78 is 38.3. The van der Waals surface area contributed by atoms with Crippen molar-refractivity contribution >= 4 is 27.3 Å². The average Bonchev–Trinajstić information content (AvgIpc) is 2.74. The highest BCUT2D eigenvalue weighted by Crippen LogP contribution is 2.31. The number of ether oxygens (including phenoxy) is 2. The van der Waals surface area contributed by atoms with Crippen LogP contribution in [0.15, 0.2) is 23.1 Å². The zero-order chi connectivity index (χ0) is 20.9. The highest BCUT2D eigenvalue weighted by molar-refractivity contribution is 7.89. The molecule has 1 aromatic rings. The molecule has 2 fully saturated rings. The number of rotatable bonds is 7. The zero-order valence-corrected chi connectivity index (χ0v) is 18.0. The summed E-state index contributed by atoms with van der Waals surface area (Å²) in [5.74, 6) is -0.207. The van der Waals surface area contributed by atoms with Crippen LogP contribution in [-0.2, 0) is 24.3 Å². The van der Waals surface area contributed by atoms with Gasteiger partial charge in [0.05, 0.1) is 42.0 Å². The molecule has 0 aromatic heterocycles. The molecular weight excluding hydrogens is 394 g/mol. The lowest BCUT2D eigenvalue weighted by molar-refractivity contribution is -0.118. The van der Waals surface area contributed by atoms with Gasteiger partial charge in [0.2, 0.25) is 15.9 Å². The second-order valence-electron chi connectivity index (χ2n) is 7.54. The van der Waals surface area contributed by atoms with E-state index in [0.717, 1.165) is 24.9 Å². The molecule has 0 radical (unpaired) electrons. The van der Waals surface area contributed by atoms with Crippen LogP contribution in [0.25, 0.3) is 0 Å². The van der Waals surface area contributed by atoms with E-state index in [0.29, 0.717) is 45.1 Å². The van der Waals surface area contributed by atoms with Crippen molar-refractivity contribution in [2.75, 3.05) is 56.7 Å². The maximum Gasteiger partial charge on any atom is 0.243 e. The lowest BCUT2D eigenvalue weighted by atomic mass is 10.2. The Bertz CT molecular complexity index is 802. The molecule has 1 amide bonds. The maximum atomic E-state index is 13.1. The van der Waals surface area contributed by atoms with Crippen LogP contribution >= 0.6 is 0 Å². The Morgan fingerprint density at radius 3 is 2.52 bits per heavy atom. The van der Waals surface area contributed by atoms with Crippen molar-refractivity contribution in [1.82, 2.24) is 4.31 Å². The van der Waals surface area contributed by atoms with Gasteiger partial charge < -0.3 is 19.7 Å². The van der Waals surface area contributed by atoms with E-state index >= 15 is 0 Å². The SMILES string of the molecule is COC(C)CC(=O)Nc1cc(S(=O)(=O)N2CCCCC2)ccc1N1CCOCC1. The fourth-order valence-electron chi connectivity index (χ4n) is 3.66. The summed E-state index contributed by atoms with van der Waals surface area (Å²) in [7, 11) is -2.02. The van der Waals surface area contributed by atoms with Crippen LogP contribution in [0.3, 0.4) is 0 Å². The quantitative estimate of drug-likeness (QED) is 0.719. The van der Waals surface area contributed by atoms with Gasteiger partial charge >= 0.3 is 0 Å². The van der Waals surface area contributed by atoms with Crippen LogP contribution in [0, 0.1) is 0 Å². The molecule has 2 aliphatic rings. The topological polar surface area (TPSA) is 88.2 Å². The molecule has 0 aliphatic carbocycles. The summed E-state index contributed by atoms with van der Waals surface area (Å²) in [6.45, 7) is 5.48. The third-order valence-electron chi connectivity index (χ3n) is 5.42. The van der Waals surface area contributed by atoms with Gasteiger partial charge in [-0.2, -0.15) is 4.31 Å². The highest BCUT2D eigenvalue weighted by atomic mass is 32.2. The third-order valence-corrected chi connectivity index (χ3v) is 7.32. The van der Waals surface area contributed by atoms with Crippen molar-refractivity contribution in [2.24, 2.45) is 0 Å². The Morgan fingerprint density at radius 1 is 1.17 bits per heavy atom. The van der Waals surface area contributed by atoms with E-state index in [9.17, 15) is 13.2 Å². The number of methoxy groups -OCH3 is 1. The van der Waals surface area contributed by atoms with E-state index in [1.54, 1.807) is 29.6 Å². The molecule has 1 unspecified atom stereocenters. The normalized spacial score (nSPS) is 19.7. The second-order valence-corrected chi connectivity index (χ2v) is 9.48. The molecule has 0 bridgehead atoms. The molecule has 1 atom stereocenters. The average molecular weight is 426 g/mol. The minimum Gasteiger partial charge on any atom is -0.381 e. The first-order chi connectivity index (χ1) is 13.9. The van der Waals surface area contributed by atoms with E-state index in [-0.39, 0.29) is 23.3 Å². The molecule has 0 spiro atoms. The number of anilines is 2. The number of benzene rings is 1. The molecule has 2 saturated heterocycles. The molecule has 2 heterocycles. The molecular formula is C20H31N3O5S. The standard InChI is InChI=1S/C20H31N3O5S/c1-16(27-2)14-20(24)21-18-15-17(29(25,26)23-8-4-3-5-9-23)6-7-19(18)22-10-12-28-13-11-22/h6-7,15-16H,3-5,8-14H2,1-2H3,(H,21,24). The summed E-state index contributed by atoms with van der Waals surface area (Å²) in [5, 5.41) is 2.90. The summed E-state index contributed by atoms with van der Waals surface area (Å²) >= 11 is 0. The third kappa shape index (κ3) is 5.48. The number of amides is 1. The van der Waals surface area contributed by atoms with E-state index in [4.69, 9.17) is 9.47 Å². The predicted octanol–water partition coefficient (Wildman–Crippen LogP) is 2.06. The molecule has 1 aromatic carbocycles. The number of morpholine rings is 1. The van der Waals surface area contributed by atoms with E-state index in [1.165, 1.54) is 0 Å². The van der Waals surface area contributed by atoms with Crippen molar-refractivity contribution in [3.63, 3.8) is 0 Å². The molecule has 8 nitrogen and oxygen atoms in total. The minimum absolute atomic E-state index is 0.197. The van der Waals surface area contributed by atoms with Crippen molar-refractivity contribution in [1.29, 1.82) is 0 Å². The number of carbonyl (C=O) groups excluding carboxylic acids is 1. The van der Waals surface area contributed by atoms with E-state index in [1.807, 2.05) is 6.92 Å². The van der Waals surface area contributed by atoms with Crippen LogP contribution in [-0.4, -0.2) is 71.2 Å². The van der Waals surface area contributed by atoms with Gasteiger partial charge in [-0.25, -0.2) is 8.42 Å². The minimum atomic E-state index is -3.58. The maximum absolute atomic E-state index is 13.1. The predicted molar refractivity (Wildman–Crippen MR) is 112 cm³/mol. The Morgan fingerprint density at radius 2 is 1.86 bits per heavy atom. The zero-order valence-electron chi connectivity index (χ0n) is 17.2. The largest absolute Gasteiger partial charge is 0.381 e. The first-order valence-electron chi connectivity index (χ1n) is 10.2. The molecule has 2 aliphatic heterocycles. The first-order valence-corrected chi connectivity index (χ1v) is 11.7. The number of hydrogen-bond donors (Lipinski definition) is 1. The molecule has 1 N–H and O–H groups in total. The number of nitrogens with one attached hydrogen (secondary N) is 1. The Kier molecular flexibility index (Phi) is 7.50. The lowest BCUT2D eigenvalue weighted by Crippen LogP contribution is -2.37. The van der Waals surface area contributed by atoms with Gasteiger partial charge in [-0.15, -0.1) is 0 Å². The van der Waals surface area contributed by atoms with Crippen molar-refractivity contribution in [2.45, 2.75) is 43.6 Å². The summed E-state index contributed by atoms with van der Waals surface area (Å²) in [6.07, 6.45) is 2.79. The number of piperidine rings is 1.